The van der Waals surface area contributed by atoms with E-state index >= 15 is 0 Å². The highest BCUT2D eigenvalue weighted by Gasteiger charge is 2.71. The van der Waals surface area contributed by atoms with Gasteiger partial charge in [-0.2, -0.15) is 0 Å². The smallest absolute Gasteiger partial charge is 0.307 e. The van der Waals surface area contributed by atoms with Gasteiger partial charge in [0.05, 0.1) is 55.1 Å². The van der Waals surface area contributed by atoms with Gasteiger partial charge in [-0.25, -0.2) is 9.79 Å². The Morgan fingerprint density at radius 2 is 0.867 bits per heavy atom. The van der Waals surface area contributed by atoms with Crippen molar-refractivity contribution >= 4 is 88.0 Å². The quantitative estimate of drug-likeness (QED) is 0.0381. The van der Waals surface area contributed by atoms with Gasteiger partial charge in [-0.1, -0.05) is 121 Å². The highest BCUT2D eigenvalue weighted by molar-refractivity contribution is 6.39. The van der Waals surface area contributed by atoms with Crippen molar-refractivity contribution in [2.75, 3.05) is 39.4 Å². The fraction of sp³-hybridized carbons (Fsp3) is 0.833. The molecule has 0 aromatic heterocycles. The first kappa shape index (κ1) is 89.0. The molecular weight excluding hydrogens is 1440 g/mol. The Balaban J connectivity index is 0.000000199. The number of imide groups is 2. The van der Waals surface area contributed by atoms with E-state index in [2.05, 4.69) is 32.7 Å². The fourth-order valence-corrected chi connectivity index (χ4v) is 20.2. The minimum Gasteiger partial charge on any atom is -0.460 e. The van der Waals surface area contributed by atoms with Crippen molar-refractivity contribution < 1.29 is 86.1 Å². The zero-order chi connectivity index (χ0) is 82.7. The molecule has 0 aromatic rings. The van der Waals surface area contributed by atoms with Crippen molar-refractivity contribution in [1.29, 1.82) is 0 Å². The predicted molar refractivity (Wildman–Crippen MR) is 421 cm³/mol. The van der Waals surface area contributed by atoms with Gasteiger partial charge in [-0.3, -0.25) is 76.9 Å². The van der Waals surface area contributed by atoms with Crippen molar-refractivity contribution in [3.63, 3.8) is 0 Å². The first-order chi connectivity index (χ1) is 53.0. The highest BCUT2D eigenvalue weighted by atomic mass is 16.6. The number of esters is 1. The normalized spacial score (nSPS) is 32.9. The van der Waals surface area contributed by atoms with E-state index in [1.807, 2.05) is 55.4 Å². The lowest BCUT2D eigenvalue weighted by Crippen LogP contribution is -2.51. The standard InChI is InChI=1S/C43H64N2O8.C33H51NO7.C14H20N2O3/c1-25-32(22-31(46)21-30(42(2,3)4)23-45-39(50)28-15-16-29(19-28)40(45)51)41(52)44-24-33-36(43(33,5)6)37(44)34(47)20-27(12-10-8-7-9-11-17-53-25)38(49)35(48)18-26-13-14-26;1-20-23(18-27(37)41-32(2,3)4)31(39)34-19-24-28(33(24,5)6)29(34)25(35)17-22(12-10-8-7-9-11-15-40-20)30(38)26(36)16-21-13-14-21;1-14(2,3)11(15-8-17)7-16-12(18)9-4-5-10(6-9)13(16)19/h25-30,32-33,36-37H,7-24H2,1-6H3;20-24,28-29H,7-19H2,1-6H3;9-11H,4-7H2,1-3H3/t25-,27+,28?,29?,30+,32-,33-,36-,37+;20-,22+,23-,24-,28-,29+;9?,10?,11-/m001/s1. The van der Waals surface area contributed by atoms with Crippen molar-refractivity contribution in [3.8, 4) is 0 Å². The number of Topliss-reactive ketones (excluding diaryl/α,β-unsaturated/α-hetero) is 7. The summed E-state index contributed by atoms with van der Waals surface area (Å²) in [6.45, 7) is 31.6. The van der Waals surface area contributed by atoms with Crippen LogP contribution in [0.3, 0.4) is 0 Å². The summed E-state index contributed by atoms with van der Waals surface area (Å²) in [6, 6.07) is -1.75. The molecule has 23 heteroatoms. The maximum atomic E-state index is 14.7. The first-order valence-corrected chi connectivity index (χ1v) is 43.6. The van der Waals surface area contributed by atoms with Crippen LogP contribution in [0.2, 0.25) is 0 Å². The van der Waals surface area contributed by atoms with E-state index in [1.54, 1.807) is 36.7 Å². The molecule has 0 radical (unpaired) electrons. The van der Waals surface area contributed by atoms with Gasteiger partial charge < -0.3 is 24.0 Å². The Morgan fingerprint density at radius 1 is 0.487 bits per heavy atom. The second kappa shape index (κ2) is 36.7. The van der Waals surface area contributed by atoms with Crippen LogP contribution in [0.4, 0.5) is 0 Å². The Kier molecular flexibility index (Phi) is 28.9. The maximum Gasteiger partial charge on any atom is 0.307 e. The van der Waals surface area contributed by atoms with Crippen LogP contribution in [-0.4, -0.2) is 183 Å². The molecule has 23 nitrogen and oxygen atoms in total. The van der Waals surface area contributed by atoms with E-state index in [1.165, 1.54) is 9.80 Å². The molecule has 4 unspecified atom stereocenters. The number of isocyanates is 1. The molecule has 0 N–H and O–H groups in total. The number of ketones is 7. The van der Waals surface area contributed by atoms with Crippen LogP contribution in [0, 0.1) is 110 Å². The van der Waals surface area contributed by atoms with Crippen molar-refractivity contribution in [3.05, 3.63) is 0 Å². The highest BCUT2D eigenvalue weighted by Crippen LogP contribution is 2.67. The van der Waals surface area contributed by atoms with E-state index in [-0.39, 0.29) is 197 Å². The maximum absolute atomic E-state index is 14.7. The average Bonchev–Trinajstić information content (AvgIpc) is 1.53. The number of carbonyl (C=O) groups excluding carboxylic acids is 15. The molecular formula is C90H135N5O18. The molecule has 12 rings (SSSR count). The number of amides is 6. The first-order valence-electron chi connectivity index (χ1n) is 43.6. The van der Waals surface area contributed by atoms with Gasteiger partial charge in [0, 0.05) is 107 Å². The second-order valence-corrected chi connectivity index (χ2v) is 40.8. The molecule has 0 spiro atoms. The number of rotatable bonds is 19. The van der Waals surface area contributed by atoms with Gasteiger partial charge >= 0.3 is 5.97 Å². The lowest BCUT2D eigenvalue weighted by molar-refractivity contribution is -0.162. The molecule has 12 aliphatic rings. The Labute approximate surface area is 671 Å². The third-order valence-electron chi connectivity index (χ3n) is 28.3. The predicted octanol–water partition coefficient (Wildman–Crippen LogP) is 12.8. The summed E-state index contributed by atoms with van der Waals surface area (Å²) >= 11 is 0. The van der Waals surface area contributed by atoms with Crippen LogP contribution in [0.25, 0.3) is 0 Å². The van der Waals surface area contributed by atoms with Crippen molar-refractivity contribution in [2.45, 2.75) is 326 Å². The van der Waals surface area contributed by atoms with Gasteiger partial charge in [0.2, 0.25) is 53.1 Å². The van der Waals surface area contributed by atoms with E-state index in [9.17, 15) is 71.9 Å². The van der Waals surface area contributed by atoms with Crippen LogP contribution in [0.1, 0.15) is 290 Å². The molecule has 6 aliphatic heterocycles. The van der Waals surface area contributed by atoms with Crippen molar-refractivity contribution in [1.82, 2.24) is 19.6 Å². The summed E-state index contributed by atoms with van der Waals surface area (Å²) < 4.78 is 17.9. The second-order valence-electron chi connectivity index (χ2n) is 40.8. The molecule has 6 saturated heterocycles. The molecule has 12 fully saturated rings. The van der Waals surface area contributed by atoms with Crippen LogP contribution < -0.4 is 0 Å². The van der Waals surface area contributed by atoms with Crippen LogP contribution in [0.15, 0.2) is 4.99 Å². The van der Waals surface area contributed by atoms with Gasteiger partial charge in [0.25, 0.3) is 0 Å². The Hall–Kier alpha value is -6.32. The summed E-state index contributed by atoms with van der Waals surface area (Å²) in [6.07, 6.45) is 19.1. The fourth-order valence-electron chi connectivity index (χ4n) is 20.2. The van der Waals surface area contributed by atoms with Gasteiger partial charge in [0.15, 0.2) is 23.1 Å². The number of ether oxygens (including phenoxy) is 3. The van der Waals surface area contributed by atoms with Crippen LogP contribution in [0.5, 0.6) is 0 Å². The monoisotopic (exact) mass is 1570 g/mol. The third-order valence-corrected chi connectivity index (χ3v) is 28.3. The lowest BCUT2D eigenvalue weighted by atomic mass is 9.76. The number of likely N-dealkylation sites (tertiary alicyclic amines) is 2. The van der Waals surface area contributed by atoms with Crippen molar-refractivity contribution in [2.24, 2.45) is 115 Å². The molecule has 18 atom stereocenters. The van der Waals surface area contributed by atoms with Gasteiger partial charge in [-0.15, -0.1) is 0 Å². The molecule has 113 heavy (non-hydrogen) atoms. The molecule has 628 valence electrons. The topological polar surface area (TPSA) is 309 Å². The molecule has 6 amide bonds. The van der Waals surface area contributed by atoms with Crippen LogP contribution in [-0.2, 0) is 86.1 Å². The van der Waals surface area contributed by atoms with E-state index in [0.717, 1.165) is 116 Å². The number of nitrogens with zero attached hydrogens (tertiary/aromatic N) is 5. The number of hydrogen-bond donors (Lipinski definition) is 0. The minimum absolute atomic E-state index is 0.00816. The molecule has 6 heterocycles. The molecule has 6 saturated carbocycles. The van der Waals surface area contributed by atoms with E-state index in [0.29, 0.717) is 64.3 Å². The summed E-state index contributed by atoms with van der Waals surface area (Å²) in [5.74, 6) is -5.87. The molecule has 6 aliphatic carbocycles. The zero-order valence-electron chi connectivity index (χ0n) is 70.9. The number of aliphatic imine (C=N–C) groups is 1. The number of fused-ring (bicyclic) bond motifs is 10. The van der Waals surface area contributed by atoms with Crippen LogP contribution >= 0.6 is 0 Å². The summed E-state index contributed by atoms with van der Waals surface area (Å²) in [5.41, 5.74) is -1.56. The largest absolute Gasteiger partial charge is 0.460 e. The summed E-state index contributed by atoms with van der Waals surface area (Å²) in [5, 5.41) is 0. The van der Waals surface area contributed by atoms with E-state index in [4.69, 9.17) is 14.2 Å². The zero-order valence-corrected chi connectivity index (χ0v) is 70.9. The number of carbonyl (C=O) groups is 14. The lowest BCUT2D eigenvalue weighted by Gasteiger charge is -2.38. The average molecular weight is 1580 g/mol. The number of hydrogen-bond acceptors (Lipinski definition) is 19. The minimum atomic E-state index is -0.807. The SMILES string of the molecule is CC(C)(C)[C@@H](CN1C(=O)C2CCC(C2)C1=O)N=C=O.C[C@@H]1OCCCCCCC[C@@H](C(=O)C(=O)CC2CC2)CC(=O)[C@@H]2[C@@H]3[C@H](CN2C(=O)[C@H]1CC(=O)C[C@H](CN1C(=O)C2CCC(C2)C1=O)C(C)(C)C)C3(C)C.C[C@@H]1OCCCCCCC[C@@H](C(=O)C(=O)CC2CC2)CC(=O)[C@@H]2[C@@H]3[C@H](CN2C(=O)[C@H]1CC(=O)OC(C)(C)C)C3(C)C. The number of piperidine rings is 4. The third kappa shape index (κ3) is 21.9. The van der Waals surface area contributed by atoms with Gasteiger partial charge in [0.1, 0.15) is 11.4 Å². The van der Waals surface area contributed by atoms with E-state index < -0.39 is 77.1 Å². The summed E-state index contributed by atoms with van der Waals surface area (Å²) in [7, 11) is 0. The molecule has 4 bridgehead atoms. The van der Waals surface area contributed by atoms with Gasteiger partial charge in [-0.05, 0) is 188 Å². The summed E-state index contributed by atoms with van der Waals surface area (Å²) in [4.78, 5) is 208. The Bertz CT molecular complexity index is 3590. The Morgan fingerprint density at radius 3 is 1.24 bits per heavy atom. The molecule has 0 aromatic carbocycles.